The number of carbonyl (C=O) groups excluding carboxylic acids is 1. The number of aromatic nitrogens is 3. The van der Waals surface area contributed by atoms with Crippen LogP contribution in [0.3, 0.4) is 0 Å². The van der Waals surface area contributed by atoms with Crippen LogP contribution in [0, 0.1) is 5.82 Å². The zero-order chi connectivity index (χ0) is 33.7. The van der Waals surface area contributed by atoms with E-state index in [1.807, 2.05) is 34.9 Å². The third kappa shape index (κ3) is 9.10. The Bertz CT molecular complexity index is 1700. The van der Waals surface area contributed by atoms with Crippen LogP contribution >= 0.6 is 0 Å². The average molecular weight is 677 g/mol. The van der Waals surface area contributed by atoms with Crippen LogP contribution in [0.2, 0.25) is 25.7 Å². The summed E-state index contributed by atoms with van der Waals surface area (Å²) < 4.78 is 35.1. The topological polar surface area (TPSA) is 123 Å². The monoisotopic (exact) mass is 676 g/mol. The Labute approximate surface area is 281 Å². The number of amides is 2. The molecule has 4 aromatic rings. The number of hydrogen-bond acceptors (Lipinski definition) is 8. The van der Waals surface area contributed by atoms with Crippen LogP contribution in [-0.2, 0) is 11.5 Å². The van der Waals surface area contributed by atoms with Crippen molar-refractivity contribution in [3.63, 3.8) is 0 Å². The molecule has 0 unspecified atom stereocenters. The lowest BCUT2D eigenvalue weighted by molar-refractivity contribution is 0.0758. The Kier molecular flexibility index (Phi) is 10.6. The number of nitrogens with zero attached hydrogens (tertiary/aromatic N) is 4. The first-order chi connectivity index (χ1) is 23.1. The number of hydrogen-bond donors (Lipinski definition) is 3. The number of halogens is 1. The number of benzene rings is 2. The second-order valence-corrected chi connectivity index (χ2v) is 19.5. The first kappa shape index (κ1) is 33.8. The quantitative estimate of drug-likeness (QED) is 0.0969. The van der Waals surface area contributed by atoms with E-state index in [0.29, 0.717) is 29.9 Å². The predicted octanol–water partition coefficient (Wildman–Crippen LogP) is 6.46. The highest BCUT2D eigenvalue weighted by Gasteiger charge is 2.24. The summed E-state index contributed by atoms with van der Waals surface area (Å²) in [5.41, 5.74) is 2.43. The maximum absolute atomic E-state index is 14.9. The maximum atomic E-state index is 14.9. The van der Waals surface area contributed by atoms with Gasteiger partial charge in [-0.1, -0.05) is 19.6 Å². The molecule has 3 heterocycles. The van der Waals surface area contributed by atoms with Crippen LogP contribution in [-0.4, -0.2) is 83.6 Å². The molecule has 1 saturated carbocycles. The molecule has 2 aromatic carbocycles. The number of rotatable bonds is 15. The highest BCUT2D eigenvalue weighted by Crippen LogP contribution is 2.35. The molecule has 2 amide bonds. The number of aliphatic hydroxyl groups is 1. The molecular formula is C35H45FN6O5Si. The number of anilines is 1. The van der Waals surface area contributed by atoms with Gasteiger partial charge in [0.05, 0.1) is 16.8 Å². The molecule has 1 saturated heterocycles. The zero-order valence-electron chi connectivity index (χ0n) is 27.9. The van der Waals surface area contributed by atoms with Gasteiger partial charge in [-0.15, -0.1) is 0 Å². The van der Waals surface area contributed by atoms with E-state index in [1.54, 1.807) is 6.07 Å². The molecule has 2 aliphatic rings. The smallest absolute Gasteiger partial charge is 0.319 e. The number of ether oxygens (including phenoxy) is 3. The Morgan fingerprint density at radius 2 is 1.81 bits per heavy atom. The van der Waals surface area contributed by atoms with E-state index in [2.05, 4.69) is 45.1 Å². The van der Waals surface area contributed by atoms with Gasteiger partial charge in [-0.2, -0.15) is 0 Å². The minimum atomic E-state index is -1.29. The first-order valence-electron chi connectivity index (χ1n) is 16.7. The van der Waals surface area contributed by atoms with Crippen molar-refractivity contribution in [3.8, 4) is 28.6 Å². The van der Waals surface area contributed by atoms with Gasteiger partial charge in [0.25, 0.3) is 0 Å². The number of fused-ring (bicyclic) bond motifs is 1. The van der Waals surface area contributed by atoms with Gasteiger partial charge in [0, 0.05) is 33.3 Å². The molecule has 256 valence electrons. The van der Waals surface area contributed by atoms with Crippen molar-refractivity contribution in [2.45, 2.75) is 70.2 Å². The number of aliphatic hydroxyl groups excluding tert-OH is 1. The molecule has 11 nitrogen and oxygen atoms in total. The fourth-order valence-electron chi connectivity index (χ4n) is 5.60. The molecule has 48 heavy (non-hydrogen) atoms. The summed E-state index contributed by atoms with van der Waals surface area (Å²) >= 11 is 0. The number of likely N-dealkylation sites (tertiary alicyclic amines) is 1. The maximum Gasteiger partial charge on any atom is 0.319 e. The van der Waals surface area contributed by atoms with Crippen LogP contribution in [0.5, 0.6) is 17.4 Å². The second-order valence-electron chi connectivity index (χ2n) is 13.8. The Hall–Kier alpha value is -4.04. The van der Waals surface area contributed by atoms with Crippen molar-refractivity contribution in [1.29, 1.82) is 0 Å². The molecule has 0 radical (unpaired) electrons. The first-order valence-corrected chi connectivity index (χ1v) is 20.4. The molecule has 3 N–H and O–H groups in total. The largest absolute Gasteiger partial charge is 0.491 e. The average Bonchev–Trinajstić information content (AvgIpc) is 3.55. The van der Waals surface area contributed by atoms with Gasteiger partial charge in [-0.3, -0.25) is 0 Å². The van der Waals surface area contributed by atoms with E-state index in [9.17, 15) is 14.3 Å². The van der Waals surface area contributed by atoms with Gasteiger partial charge in [0.15, 0.2) is 0 Å². The van der Waals surface area contributed by atoms with Gasteiger partial charge in [-0.05, 0) is 92.8 Å². The van der Waals surface area contributed by atoms with Crippen LogP contribution in [0.1, 0.15) is 25.7 Å². The summed E-state index contributed by atoms with van der Waals surface area (Å²) in [5, 5.41) is 16.4. The molecule has 0 spiro atoms. The highest BCUT2D eigenvalue weighted by molar-refractivity contribution is 6.76. The van der Waals surface area contributed by atoms with E-state index in [1.165, 1.54) is 31.3 Å². The van der Waals surface area contributed by atoms with Crippen molar-refractivity contribution in [2.24, 2.45) is 0 Å². The minimum absolute atomic E-state index is 0.0609. The molecule has 0 bridgehead atoms. The van der Waals surface area contributed by atoms with Crippen LogP contribution < -0.4 is 20.1 Å². The number of carbonyl (C=O) groups is 1. The summed E-state index contributed by atoms with van der Waals surface area (Å²) in [6.45, 7) is 10.7. The van der Waals surface area contributed by atoms with Crippen molar-refractivity contribution in [3.05, 3.63) is 60.7 Å². The van der Waals surface area contributed by atoms with Crippen LogP contribution in [0.25, 0.3) is 22.3 Å². The number of urea groups is 1. The van der Waals surface area contributed by atoms with Crippen LogP contribution in [0.4, 0.5) is 14.9 Å². The number of nitrogens with one attached hydrogen (secondary N) is 2. The van der Waals surface area contributed by atoms with Crippen molar-refractivity contribution in [2.75, 3.05) is 38.2 Å². The van der Waals surface area contributed by atoms with Crippen LogP contribution in [0.15, 0.2) is 54.9 Å². The van der Waals surface area contributed by atoms with Crippen molar-refractivity contribution >= 4 is 30.8 Å². The van der Waals surface area contributed by atoms with Gasteiger partial charge >= 0.3 is 6.03 Å². The molecule has 2 aromatic heterocycles. The molecule has 13 heteroatoms. The Morgan fingerprint density at radius 1 is 1.06 bits per heavy atom. The van der Waals surface area contributed by atoms with Crippen molar-refractivity contribution < 1.29 is 28.5 Å². The summed E-state index contributed by atoms with van der Waals surface area (Å²) in [6.07, 6.45) is 5.10. The van der Waals surface area contributed by atoms with Gasteiger partial charge in [-0.25, -0.2) is 19.2 Å². The summed E-state index contributed by atoms with van der Waals surface area (Å²) in [7, 11) is -1.29. The van der Waals surface area contributed by atoms with E-state index in [4.69, 9.17) is 14.2 Å². The van der Waals surface area contributed by atoms with E-state index < -0.39 is 26.0 Å². The molecule has 6 rings (SSSR count). The van der Waals surface area contributed by atoms with E-state index in [-0.39, 0.29) is 36.7 Å². The third-order valence-electron chi connectivity index (χ3n) is 8.45. The SMILES string of the molecule is C[Si](C)(C)CCOCn1c(-c2ccc(OC[C@@H](O)CN3CCCC3)cc2)cc2c(Oc3ccc(NC(=O)NC4CC4)c(F)c3)ncnc21. The van der Waals surface area contributed by atoms with Crippen molar-refractivity contribution in [1.82, 2.24) is 24.8 Å². The summed E-state index contributed by atoms with van der Waals surface area (Å²) in [6, 6.07) is 14.7. The van der Waals surface area contributed by atoms with Gasteiger partial charge in [0.1, 0.15) is 48.7 Å². The Balaban J connectivity index is 1.20. The van der Waals surface area contributed by atoms with E-state index in [0.717, 1.165) is 43.2 Å². The molecule has 1 aliphatic heterocycles. The van der Waals surface area contributed by atoms with Gasteiger partial charge < -0.3 is 39.4 Å². The van der Waals surface area contributed by atoms with Gasteiger partial charge in [0.2, 0.25) is 5.88 Å². The number of β-amino-alcohol motifs (C(OH)–C–C–N with tert-alkyl or cyclic N) is 1. The summed E-state index contributed by atoms with van der Waals surface area (Å²) in [5.74, 6) is 0.543. The second kappa shape index (κ2) is 15.0. The summed E-state index contributed by atoms with van der Waals surface area (Å²) in [4.78, 5) is 23.3. The normalized spacial score (nSPS) is 15.9. The lowest BCUT2D eigenvalue weighted by Crippen LogP contribution is -2.33. The molecular weight excluding hydrogens is 632 g/mol. The Morgan fingerprint density at radius 3 is 2.52 bits per heavy atom. The molecule has 1 atom stereocenters. The standard InChI is InChI=1S/C35H45FN6O5Si/c1-48(2,3)17-16-45-23-42-32(24-6-10-27(11-7-24)46-21-26(43)20-41-14-4-5-15-41)19-29-33(42)37-22-38-34(29)47-28-12-13-31(30(36)18-28)40-35(44)39-25-8-9-25/h6-7,10-13,18-19,22,25-26,43H,4-5,8-9,14-17,20-21,23H2,1-3H3,(H2,39,40,44)/t26-/m0/s1. The molecule has 2 fully saturated rings. The predicted molar refractivity (Wildman–Crippen MR) is 186 cm³/mol. The lowest BCUT2D eigenvalue weighted by atomic mass is 10.1. The third-order valence-corrected chi connectivity index (χ3v) is 10.2. The lowest BCUT2D eigenvalue weighted by Gasteiger charge is -2.19. The van der Waals surface area contributed by atoms with E-state index >= 15 is 0 Å². The zero-order valence-corrected chi connectivity index (χ0v) is 28.9. The molecule has 1 aliphatic carbocycles. The minimum Gasteiger partial charge on any atom is -0.491 e. The fourth-order valence-corrected chi connectivity index (χ4v) is 6.36. The highest BCUT2D eigenvalue weighted by atomic mass is 28.3. The fraction of sp³-hybridized carbons (Fsp3) is 0.457.